The number of anilines is 1. The molecule has 3 atom stereocenters. The second-order valence-electron chi connectivity index (χ2n) is 17.0. The molecule has 15 nitrogen and oxygen atoms in total. The Kier molecular flexibility index (Phi) is 11.5. The molecule has 2 aliphatic heterocycles. The lowest BCUT2D eigenvalue weighted by Crippen LogP contribution is -2.57. The zero-order chi connectivity index (χ0) is 38.9. The highest BCUT2D eigenvalue weighted by atomic mass is 16.6. The highest BCUT2D eigenvalue weighted by molar-refractivity contribution is 5.89. The molecule has 0 radical (unpaired) electrons. The summed E-state index contributed by atoms with van der Waals surface area (Å²) in [6.07, 6.45) is 1.43. The number of nitrogens with zero attached hydrogens (tertiary/aromatic N) is 5. The molecule has 1 aliphatic carbocycles. The van der Waals surface area contributed by atoms with E-state index in [4.69, 9.17) is 9.47 Å². The number of ether oxygens (including phenoxy) is 2. The van der Waals surface area contributed by atoms with Gasteiger partial charge in [-0.15, -0.1) is 0 Å². The fourth-order valence-electron chi connectivity index (χ4n) is 7.08. The summed E-state index contributed by atoms with van der Waals surface area (Å²) in [5.41, 5.74) is -1.07. The number of hydrogen-bond donors (Lipinski definition) is 3. The average Bonchev–Trinajstić information content (AvgIpc) is 3.49. The van der Waals surface area contributed by atoms with Crippen LogP contribution in [0.15, 0.2) is 41.3 Å². The standard InChI is InChI=1S/C38H56N8O7/c1-24(45-22-28-27(29(28)23-45)21-39-34(50)52-37(5,6)7)20-25-10-12-26(13-11-25)46-15-14-30(41-33(46)49)40-32(48)44-18-16-43(17-19-44)31(47)38(8,9)53-35(51)42-36(2,3)4/h10-15,24,27-29H,16-23H2,1-9H3,(H,39,50)(H,42,51)(H,40,41,48,49). The molecule has 1 aromatic heterocycles. The Labute approximate surface area is 311 Å². The van der Waals surface area contributed by atoms with Crippen LogP contribution < -0.4 is 21.6 Å². The Balaban J connectivity index is 1.05. The summed E-state index contributed by atoms with van der Waals surface area (Å²) in [4.78, 5) is 73.1. The number of likely N-dealkylation sites (tertiary alicyclic amines) is 1. The molecule has 0 bridgehead atoms. The van der Waals surface area contributed by atoms with Gasteiger partial charge in [0.05, 0.1) is 5.69 Å². The van der Waals surface area contributed by atoms with Crippen LogP contribution in [0.2, 0.25) is 0 Å². The van der Waals surface area contributed by atoms with Gasteiger partial charge in [-0.25, -0.2) is 19.2 Å². The number of nitrogens with one attached hydrogen (secondary N) is 3. The molecule has 1 saturated carbocycles. The minimum absolute atomic E-state index is 0.131. The summed E-state index contributed by atoms with van der Waals surface area (Å²) in [6, 6.07) is 9.35. The molecule has 5 amide bonds. The fourth-order valence-corrected chi connectivity index (χ4v) is 7.08. The quantitative estimate of drug-likeness (QED) is 0.347. The number of aromatic nitrogens is 2. The Morgan fingerprint density at radius 1 is 0.849 bits per heavy atom. The average molecular weight is 737 g/mol. The first-order chi connectivity index (χ1) is 24.7. The van der Waals surface area contributed by atoms with Crippen LogP contribution in [0.4, 0.5) is 20.2 Å². The van der Waals surface area contributed by atoms with Crippen LogP contribution in [0.1, 0.15) is 67.9 Å². The van der Waals surface area contributed by atoms with Crippen molar-refractivity contribution in [2.24, 2.45) is 17.8 Å². The van der Waals surface area contributed by atoms with Crippen molar-refractivity contribution in [2.75, 3.05) is 51.1 Å². The van der Waals surface area contributed by atoms with Crippen molar-refractivity contribution in [2.45, 2.75) is 91.5 Å². The maximum Gasteiger partial charge on any atom is 0.408 e. The van der Waals surface area contributed by atoms with E-state index in [0.717, 1.165) is 19.5 Å². The first-order valence-electron chi connectivity index (χ1n) is 18.5. The summed E-state index contributed by atoms with van der Waals surface area (Å²) in [6.45, 7) is 20.1. The molecule has 5 rings (SSSR count). The number of piperazine rings is 1. The highest BCUT2D eigenvalue weighted by Crippen LogP contribution is 2.51. The van der Waals surface area contributed by atoms with Gasteiger partial charge in [-0.05, 0) is 110 Å². The number of carbonyl (C=O) groups is 4. The van der Waals surface area contributed by atoms with Crippen LogP contribution in [0.5, 0.6) is 0 Å². The normalized spacial score (nSPS) is 21.0. The smallest absolute Gasteiger partial charge is 0.408 e. The van der Waals surface area contributed by atoms with E-state index in [2.05, 4.69) is 32.8 Å². The molecule has 3 aliphatic rings. The number of alkyl carbamates (subject to hydrolysis) is 2. The van der Waals surface area contributed by atoms with Gasteiger partial charge in [-0.2, -0.15) is 4.98 Å². The van der Waals surface area contributed by atoms with Crippen molar-refractivity contribution in [1.29, 1.82) is 0 Å². The summed E-state index contributed by atoms with van der Waals surface area (Å²) >= 11 is 0. The number of benzene rings is 1. The summed E-state index contributed by atoms with van der Waals surface area (Å²) in [5, 5.41) is 8.31. The number of fused-ring (bicyclic) bond motifs is 1. The van der Waals surface area contributed by atoms with Gasteiger partial charge >= 0.3 is 23.9 Å². The fraction of sp³-hybridized carbons (Fsp3) is 0.632. The Bertz CT molecular complexity index is 1710. The maximum absolute atomic E-state index is 13.1. The molecule has 3 heterocycles. The lowest BCUT2D eigenvalue weighted by atomic mass is 10.0. The molecule has 2 aromatic rings. The van der Waals surface area contributed by atoms with E-state index < -0.39 is 34.6 Å². The number of urea groups is 1. The first-order valence-corrected chi connectivity index (χ1v) is 18.5. The molecule has 3 unspecified atom stereocenters. The molecular weight excluding hydrogens is 680 g/mol. The molecule has 1 aromatic carbocycles. The van der Waals surface area contributed by atoms with Crippen molar-refractivity contribution in [1.82, 2.24) is 34.9 Å². The molecule has 3 fully saturated rings. The molecule has 53 heavy (non-hydrogen) atoms. The van der Waals surface area contributed by atoms with E-state index >= 15 is 0 Å². The third kappa shape index (κ3) is 10.5. The van der Waals surface area contributed by atoms with Crippen LogP contribution in [-0.4, -0.2) is 117 Å². The van der Waals surface area contributed by atoms with E-state index in [1.54, 1.807) is 35.9 Å². The monoisotopic (exact) mass is 736 g/mol. The van der Waals surface area contributed by atoms with Crippen LogP contribution in [0.25, 0.3) is 5.69 Å². The third-order valence-electron chi connectivity index (χ3n) is 9.88. The molecule has 3 N–H and O–H groups in total. The van der Waals surface area contributed by atoms with Gasteiger partial charge in [0, 0.05) is 63.6 Å². The molecular formula is C38H56N8O7. The van der Waals surface area contributed by atoms with Crippen molar-refractivity contribution < 1.29 is 28.7 Å². The van der Waals surface area contributed by atoms with Crippen LogP contribution in [0, 0.1) is 17.8 Å². The number of carbonyl (C=O) groups excluding carboxylic acids is 4. The van der Waals surface area contributed by atoms with Gasteiger partial charge in [0.25, 0.3) is 5.91 Å². The highest BCUT2D eigenvalue weighted by Gasteiger charge is 2.55. The number of amides is 5. The Morgan fingerprint density at radius 2 is 1.45 bits per heavy atom. The second kappa shape index (κ2) is 15.4. The predicted octanol–water partition coefficient (Wildman–Crippen LogP) is 3.85. The van der Waals surface area contributed by atoms with E-state index in [1.807, 2.05) is 65.8 Å². The van der Waals surface area contributed by atoms with Crippen molar-refractivity contribution in [3.8, 4) is 5.69 Å². The summed E-state index contributed by atoms with van der Waals surface area (Å²) in [7, 11) is 0. The minimum Gasteiger partial charge on any atom is -0.444 e. The molecule has 0 spiro atoms. The van der Waals surface area contributed by atoms with Crippen LogP contribution in [-0.2, 0) is 20.7 Å². The molecule has 290 valence electrons. The molecule has 2 saturated heterocycles. The van der Waals surface area contributed by atoms with Gasteiger partial charge in [-0.1, -0.05) is 12.1 Å². The SMILES string of the molecule is CC(Cc1ccc(-n2ccc(NC(=O)N3CCN(C(=O)C(C)(C)OC(=O)NC(C)(C)C)CC3)nc2=O)cc1)N1CC2C(CNC(=O)OC(C)(C)C)C2C1. The molecule has 15 heteroatoms. The largest absolute Gasteiger partial charge is 0.444 e. The second-order valence-corrected chi connectivity index (χ2v) is 17.0. The van der Waals surface area contributed by atoms with E-state index in [9.17, 15) is 24.0 Å². The topological polar surface area (TPSA) is 167 Å². The zero-order valence-electron chi connectivity index (χ0n) is 32.5. The predicted molar refractivity (Wildman–Crippen MR) is 200 cm³/mol. The minimum atomic E-state index is -1.38. The third-order valence-corrected chi connectivity index (χ3v) is 9.88. The first kappa shape index (κ1) is 39.5. The van der Waals surface area contributed by atoms with E-state index in [0.29, 0.717) is 36.0 Å². The van der Waals surface area contributed by atoms with Crippen LogP contribution >= 0.6 is 0 Å². The van der Waals surface area contributed by atoms with Crippen LogP contribution in [0.3, 0.4) is 0 Å². The zero-order valence-corrected chi connectivity index (χ0v) is 32.5. The summed E-state index contributed by atoms with van der Waals surface area (Å²) in [5.74, 6) is 1.51. The lowest BCUT2D eigenvalue weighted by Gasteiger charge is -2.38. The number of piperidine rings is 1. The van der Waals surface area contributed by atoms with Gasteiger partial charge in [0.2, 0.25) is 0 Å². The van der Waals surface area contributed by atoms with E-state index in [-0.39, 0.29) is 44.0 Å². The van der Waals surface area contributed by atoms with Gasteiger partial charge in [0.1, 0.15) is 11.4 Å². The van der Waals surface area contributed by atoms with Gasteiger partial charge < -0.3 is 29.9 Å². The number of rotatable bonds is 9. The Morgan fingerprint density at radius 3 is 2.02 bits per heavy atom. The van der Waals surface area contributed by atoms with Gasteiger partial charge in [-0.3, -0.25) is 19.6 Å². The number of hydrogen-bond acceptors (Lipinski definition) is 9. The lowest BCUT2D eigenvalue weighted by molar-refractivity contribution is -0.149. The Hall–Kier alpha value is -4.66. The van der Waals surface area contributed by atoms with Crippen molar-refractivity contribution in [3.63, 3.8) is 0 Å². The van der Waals surface area contributed by atoms with Crippen molar-refractivity contribution in [3.05, 3.63) is 52.6 Å². The van der Waals surface area contributed by atoms with E-state index in [1.165, 1.54) is 10.1 Å². The van der Waals surface area contributed by atoms with Crippen molar-refractivity contribution >= 4 is 29.9 Å². The van der Waals surface area contributed by atoms with Gasteiger partial charge in [0.15, 0.2) is 5.60 Å². The summed E-state index contributed by atoms with van der Waals surface area (Å²) < 4.78 is 12.2. The maximum atomic E-state index is 13.1.